The van der Waals surface area contributed by atoms with E-state index in [0.717, 1.165) is 33.5 Å². The number of benzene rings is 3. The predicted molar refractivity (Wildman–Crippen MR) is 107 cm³/mol. The maximum atomic E-state index is 9.74. The molecule has 5 aromatic rings. The number of hydrogen-bond donors (Lipinski definition) is 1. The number of hydrogen-bond acceptors (Lipinski definition) is 2. The van der Waals surface area contributed by atoms with Crippen molar-refractivity contribution in [2.75, 3.05) is 0 Å². The molecule has 0 bridgehead atoms. The van der Waals surface area contributed by atoms with Crippen LogP contribution in [0.4, 0.5) is 0 Å². The lowest BCUT2D eigenvalue weighted by Gasteiger charge is -2.13. The van der Waals surface area contributed by atoms with E-state index in [1.54, 1.807) is 18.3 Å². The summed E-state index contributed by atoms with van der Waals surface area (Å²) in [6.45, 7) is 0. The number of imidazole rings is 1. The summed E-state index contributed by atoms with van der Waals surface area (Å²) in [6, 6.07) is 26.0. The van der Waals surface area contributed by atoms with E-state index in [1.165, 1.54) is 0 Å². The first-order valence-electron chi connectivity index (χ1n) is 8.79. The molecule has 0 radical (unpaired) electrons. The highest BCUT2D eigenvalue weighted by Gasteiger charge is 2.20. The van der Waals surface area contributed by atoms with Gasteiger partial charge in [0.15, 0.2) is 0 Å². The van der Waals surface area contributed by atoms with Crippen LogP contribution in [0.1, 0.15) is 0 Å². The van der Waals surface area contributed by atoms with Crippen LogP contribution in [0, 0.1) is 0 Å². The SMILES string of the molecule is Oc1ccc(-n2c(-c3ccccc3)c(-n3ccnc3)c3ccccc32)cc1. The summed E-state index contributed by atoms with van der Waals surface area (Å²) in [6.07, 6.45) is 5.59. The van der Waals surface area contributed by atoms with Crippen LogP contribution in [0.5, 0.6) is 5.75 Å². The molecule has 1 N–H and O–H groups in total. The quantitative estimate of drug-likeness (QED) is 0.486. The Hall–Kier alpha value is -3.79. The number of phenolic OH excluding ortho intramolecular Hbond substituents is 1. The third kappa shape index (κ3) is 2.50. The van der Waals surface area contributed by atoms with Crippen LogP contribution < -0.4 is 0 Å². The molecule has 0 aliphatic heterocycles. The average molecular weight is 351 g/mol. The van der Waals surface area contributed by atoms with Gasteiger partial charge in [0.1, 0.15) is 5.75 Å². The van der Waals surface area contributed by atoms with Gasteiger partial charge in [-0.25, -0.2) is 4.98 Å². The van der Waals surface area contributed by atoms with Gasteiger partial charge < -0.3 is 14.2 Å². The van der Waals surface area contributed by atoms with Crippen molar-refractivity contribution in [1.82, 2.24) is 14.1 Å². The molecule has 2 aromatic heterocycles. The highest BCUT2D eigenvalue weighted by Crippen LogP contribution is 2.39. The summed E-state index contributed by atoms with van der Waals surface area (Å²) in [5.74, 6) is 0.256. The summed E-state index contributed by atoms with van der Waals surface area (Å²) in [7, 11) is 0. The van der Waals surface area contributed by atoms with Crippen molar-refractivity contribution in [2.45, 2.75) is 0 Å². The molecule has 4 nitrogen and oxygen atoms in total. The van der Waals surface area contributed by atoms with Crippen molar-refractivity contribution >= 4 is 10.9 Å². The smallest absolute Gasteiger partial charge is 0.115 e. The van der Waals surface area contributed by atoms with E-state index in [9.17, 15) is 5.11 Å². The van der Waals surface area contributed by atoms with Gasteiger partial charge in [0.2, 0.25) is 0 Å². The van der Waals surface area contributed by atoms with E-state index in [1.807, 2.05) is 48.9 Å². The first kappa shape index (κ1) is 15.5. The Morgan fingerprint density at radius 1 is 0.778 bits per heavy atom. The molecular weight excluding hydrogens is 334 g/mol. The zero-order valence-electron chi connectivity index (χ0n) is 14.5. The Labute approximate surface area is 156 Å². The molecule has 5 rings (SSSR count). The number of aromatic hydroxyl groups is 1. The van der Waals surface area contributed by atoms with Gasteiger partial charge in [-0.3, -0.25) is 0 Å². The van der Waals surface area contributed by atoms with Crippen molar-refractivity contribution in [1.29, 1.82) is 0 Å². The highest BCUT2D eigenvalue weighted by atomic mass is 16.3. The zero-order chi connectivity index (χ0) is 18.2. The molecule has 0 saturated carbocycles. The maximum Gasteiger partial charge on any atom is 0.115 e. The summed E-state index contributed by atoms with van der Waals surface area (Å²) in [5.41, 5.74) is 5.38. The number of phenols is 1. The van der Waals surface area contributed by atoms with Crippen molar-refractivity contribution in [3.8, 4) is 28.4 Å². The molecule has 4 heteroatoms. The molecule has 0 fully saturated rings. The Balaban J connectivity index is 1.95. The number of aromatic nitrogens is 3. The fourth-order valence-electron chi connectivity index (χ4n) is 3.61. The van der Waals surface area contributed by atoms with Crippen molar-refractivity contribution in [3.63, 3.8) is 0 Å². The van der Waals surface area contributed by atoms with Crippen LogP contribution in [-0.2, 0) is 0 Å². The van der Waals surface area contributed by atoms with Gasteiger partial charge in [0.25, 0.3) is 0 Å². The lowest BCUT2D eigenvalue weighted by Crippen LogP contribution is -1.99. The van der Waals surface area contributed by atoms with E-state index in [2.05, 4.69) is 44.5 Å². The predicted octanol–water partition coefficient (Wildman–Crippen LogP) is 5.19. The molecule has 0 amide bonds. The lowest BCUT2D eigenvalue weighted by molar-refractivity contribution is 0.475. The molecule has 0 saturated heterocycles. The summed E-state index contributed by atoms with van der Waals surface area (Å²) < 4.78 is 4.29. The fourth-order valence-corrected chi connectivity index (χ4v) is 3.61. The van der Waals surface area contributed by atoms with Gasteiger partial charge in [0.05, 0.1) is 23.2 Å². The first-order valence-corrected chi connectivity index (χ1v) is 8.79. The molecule has 3 aromatic carbocycles. The second-order valence-corrected chi connectivity index (χ2v) is 6.40. The van der Waals surface area contributed by atoms with Crippen molar-refractivity contribution in [3.05, 3.63) is 97.6 Å². The van der Waals surface area contributed by atoms with Crippen LogP contribution in [0.3, 0.4) is 0 Å². The van der Waals surface area contributed by atoms with Gasteiger partial charge in [-0.1, -0.05) is 48.5 Å². The standard InChI is InChI=1S/C23H17N3O/c27-19-12-10-18(11-13-19)26-21-9-5-4-8-20(21)23(25-15-14-24-16-25)22(26)17-6-2-1-3-7-17/h1-16,27H. The molecule has 2 heterocycles. The molecule has 0 spiro atoms. The summed E-state index contributed by atoms with van der Waals surface area (Å²) in [5, 5.41) is 10.9. The Morgan fingerprint density at radius 2 is 1.52 bits per heavy atom. The van der Waals surface area contributed by atoms with Crippen LogP contribution in [0.25, 0.3) is 33.5 Å². The number of nitrogens with zero attached hydrogens (tertiary/aromatic N) is 3. The summed E-state index contributed by atoms with van der Waals surface area (Å²) >= 11 is 0. The monoisotopic (exact) mass is 351 g/mol. The van der Waals surface area contributed by atoms with Gasteiger partial charge >= 0.3 is 0 Å². The van der Waals surface area contributed by atoms with E-state index >= 15 is 0 Å². The second-order valence-electron chi connectivity index (χ2n) is 6.40. The van der Waals surface area contributed by atoms with E-state index in [0.29, 0.717) is 0 Å². The second kappa shape index (κ2) is 6.18. The average Bonchev–Trinajstić information content (AvgIpc) is 3.35. The van der Waals surface area contributed by atoms with E-state index < -0.39 is 0 Å². The van der Waals surface area contributed by atoms with Crippen LogP contribution in [0.2, 0.25) is 0 Å². The zero-order valence-corrected chi connectivity index (χ0v) is 14.5. The van der Waals surface area contributed by atoms with Crippen LogP contribution in [-0.4, -0.2) is 19.2 Å². The molecular formula is C23H17N3O. The van der Waals surface area contributed by atoms with Crippen LogP contribution >= 0.6 is 0 Å². The van der Waals surface area contributed by atoms with E-state index in [4.69, 9.17) is 0 Å². The molecule has 0 atom stereocenters. The van der Waals surface area contributed by atoms with Crippen LogP contribution in [0.15, 0.2) is 97.6 Å². The number of para-hydroxylation sites is 1. The molecule has 27 heavy (non-hydrogen) atoms. The van der Waals surface area contributed by atoms with Crippen molar-refractivity contribution < 1.29 is 5.11 Å². The Bertz CT molecular complexity index is 1200. The van der Waals surface area contributed by atoms with Gasteiger partial charge in [-0.05, 0) is 30.3 Å². The molecule has 0 aliphatic rings. The topological polar surface area (TPSA) is 43.0 Å². The minimum Gasteiger partial charge on any atom is -0.508 e. The minimum atomic E-state index is 0.256. The number of fused-ring (bicyclic) bond motifs is 1. The maximum absolute atomic E-state index is 9.74. The fraction of sp³-hybridized carbons (Fsp3) is 0. The molecule has 0 aliphatic carbocycles. The van der Waals surface area contributed by atoms with E-state index in [-0.39, 0.29) is 5.75 Å². The largest absolute Gasteiger partial charge is 0.508 e. The summed E-state index contributed by atoms with van der Waals surface area (Å²) in [4.78, 5) is 4.25. The molecule has 0 unspecified atom stereocenters. The highest BCUT2D eigenvalue weighted by molar-refractivity contribution is 5.99. The number of rotatable bonds is 3. The third-order valence-corrected chi connectivity index (χ3v) is 4.77. The lowest BCUT2D eigenvalue weighted by atomic mass is 10.1. The van der Waals surface area contributed by atoms with Gasteiger partial charge in [0, 0.05) is 29.0 Å². The first-order chi connectivity index (χ1) is 13.3. The van der Waals surface area contributed by atoms with Crippen molar-refractivity contribution in [2.24, 2.45) is 0 Å². The third-order valence-electron chi connectivity index (χ3n) is 4.77. The Morgan fingerprint density at radius 3 is 2.26 bits per heavy atom. The minimum absolute atomic E-state index is 0.256. The van der Waals surface area contributed by atoms with Gasteiger partial charge in [-0.2, -0.15) is 0 Å². The normalized spacial score (nSPS) is 11.1. The Kier molecular flexibility index (Phi) is 3.54. The molecule has 130 valence electrons. The van der Waals surface area contributed by atoms with Gasteiger partial charge in [-0.15, -0.1) is 0 Å².